The molecular weight excluding hydrogens is 128 g/mol. The molecule has 0 radical (unpaired) electrons. The molecule has 2 nitrogen and oxygen atoms in total. The van der Waals surface area contributed by atoms with Crippen molar-refractivity contribution in [1.29, 1.82) is 0 Å². The molecule has 0 unspecified atom stereocenters. The lowest BCUT2D eigenvalue weighted by molar-refractivity contribution is -0.137. The molecule has 0 spiro atoms. The maximum absolute atomic E-state index is 10.0. The average Bonchev–Trinajstić information content (AvgIpc) is 1.87. The SMILES string of the molecule is C=C(CC)CCCC(=O)O. The highest BCUT2D eigenvalue weighted by Crippen LogP contribution is 2.07. The van der Waals surface area contributed by atoms with Crippen LogP contribution in [-0.2, 0) is 4.79 Å². The Morgan fingerprint density at radius 2 is 2.10 bits per heavy atom. The Labute approximate surface area is 61.6 Å². The fourth-order valence-electron chi connectivity index (χ4n) is 0.666. The van der Waals surface area contributed by atoms with Gasteiger partial charge in [0.15, 0.2) is 0 Å². The van der Waals surface area contributed by atoms with Crippen LogP contribution in [0.1, 0.15) is 32.6 Å². The summed E-state index contributed by atoms with van der Waals surface area (Å²) < 4.78 is 0. The van der Waals surface area contributed by atoms with Crippen molar-refractivity contribution in [3.05, 3.63) is 12.2 Å². The van der Waals surface area contributed by atoms with Gasteiger partial charge in [-0.05, 0) is 19.3 Å². The Hall–Kier alpha value is -0.790. The van der Waals surface area contributed by atoms with Crippen LogP contribution in [0.5, 0.6) is 0 Å². The number of carboxylic acids is 1. The van der Waals surface area contributed by atoms with Gasteiger partial charge < -0.3 is 5.11 Å². The van der Waals surface area contributed by atoms with E-state index in [2.05, 4.69) is 6.58 Å². The first-order chi connectivity index (χ1) is 4.66. The van der Waals surface area contributed by atoms with Crippen LogP contribution in [0.4, 0.5) is 0 Å². The summed E-state index contributed by atoms with van der Waals surface area (Å²) in [4.78, 5) is 10.0. The maximum Gasteiger partial charge on any atom is 0.303 e. The molecule has 0 saturated carbocycles. The minimum Gasteiger partial charge on any atom is -0.481 e. The van der Waals surface area contributed by atoms with Crippen LogP contribution < -0.4 is 0 Å². The molecule has 0 aliphatic heterocycles. The van der Waals surface area contributed by atoms with E-state index in [4.69, 9.17) is 5.11 Å². The van der Waals surface area contributed by atoms with Gasteiger partial charge in [-0.3, -0.25) is 4.79 Å². The van der Waals surface area contributed by atoms with Crippen LogP contribution in [0.3, 0.4) is 0 Å². The molecular formula is C8H14O2. The van der Waals surface area contributed by atoms with E-state index < -0.39 is 5.97 Å². The molecule has 0 fully saturated rings. The fraction of sp³-hybridized carbons (Fsp3) is 0.625. The van der Waals surface area contributed by atoms with Gasteiger partial charge in [-0.15, -0.1) is 0 Å². The van der Waals surface area contributed by atoms with Crippen LogP contribution >= 0.6 is 0 Å². The number of rotatable bonds is 5. The molecule has 0 rings (SSSR count). The van der Waals surface area contributed by atoms with E-state index in [0.717, 1.165) is 24.8 Å². The molecule has 0 aliphatic rings. The monoisotopic (exact) mass is 142 g/mol. The molecule has 0 heterocycles. The van der Waals surface area contributed by atoms with Crippen molar-refractivity contribution in [2.24, 2.45) is 0 Å². The third-order valence-electron chi connectivity index (χ3n) is 1.42. The molecule has 0 saturated heterocycles. The molecule has 1 N–H and O–H groups in total. The van der Waals surface area contributed by atoms with Gasteiger partial charge in [0.05, 0.1) is 0 Å². The molecule has 10 heavy (non-hydrogen) atoms. The molecule has 0 aliphatic carbocycles. The molecule has 2 heteroatoms. The minimum absolute atomic E-state index is 0.263. The van der Waals surface area contributed by atoms with Crippen LogP contribution in [-0.4, -0.2) is 11.1 Å². The van der Waals surface area contributed by atoms with Gasteiger partial charge in [0.1, 0.15) is 0 Å². The minimum atomic E-state index is -0.719. The van der Waals surface area contributed by atoms with E-state index in [9.17, 15) is 4.79 Å². The van der Waals surface area contributed by atoms with E-state index in [1.54, 1.807) is 0 Å². The fourth-order valence-corrected chi connectivity index (χ4v) is 0.666. The van der Waals surface area contributed by atoms with Crippen LogP contribution in [0.25, 0.3) is 0 Å². The van der Waals surface area contributed by atoms with E-state index in [1.807, 2.05) is 6.92 Å². The van der Waals surface area contributed by atoms with Crippen molar-refractivity contribution in [2.45, 2.75) is 32.6 Å². The predicted octanol–water partition coefficient (Wildman–Crippen LogP) is 2.21. The molecule has 0 bridgehead atoms. The van der Waals surface area contributed by atoms with Crippen LogP contribution in [0, 0.1) is 0 Å². The van der Waals surface area contributed by atoms with E-state index >= 15 is 0 Å². The highest BCUT2D eigenvalue weighted by molar-refractivity contribution is 5.66. The topological polar surface area (TPSA) is 37.3 Å². The molecule has 58 valence electrons. The molecule has 0 atom stereocenters. The van der Waals surface area contributed by atoms with Gasteiger partial charge in [-0.2, -0.15) is 0 Å². The summed E-state index contributed by atoms with van der Waals surface area (Å²) in [5, 5.41) is 8.27. The molecule has 0 aromatic rings. The van der Waals surface area contributed by atoms with Crippen molar-refractivity contribution in [3.63, 3.8) is 0 Å². The van der Waals surface area contributed by atoms with Crippen molar-refractivity contribution >= 4 is 5.97 Å². The summed E-state index contributed by atoms with van der Waals surface area (Å²) in [5.74, 6) is -0.719. The normalized spacial score (nSPS) is 9.30. The number of allylic oxidation sites excluding steroid dienone is 1. The quantitative estimate of drug-likeness (QED) is 0.597. The lowest BCUT2D eigenvalue weighted by Crippen LogP contribution is -1.93. The summed E-state index contributed by atoms with van der Waals surface area (Å²) in [6.45, 7) is 5.81. The maximum atomic E-state index is 10.0. The van der Waals surface area contributed by atoms with E-state index in [0.29, 0.717) is 0 Å². The van der Waals surface area contributed by atoms with Crippen molar-refractivity contribution < 1.29 is 9.90 Å². The first-order valence-corrected chi connectivity index (χ1v) is 3.55. The Bertz CT molecular complexity index is 127. The van der Waals surface area contributed by atoms with Crippen LogP contribution in [0.2, 0.25) is 0 Å². The summed E-state index contributed by atoms with van der Waals surface area (Å²) in [6.07, 6.45) is 2.80. The lowest BCUT2D eigenvalue weighted by Gasteiger charge is -1.98. The zero-order valence-corrected chi connectivity index (χ0v) is 6.39. The highest BCUT2D eigenvalue weighted by atomic mass is 16.4. The van der Waals surface area contributed by atoms with E-state index in [1.165, 1.54) is 0 Å². The van der Waals surface area contributed by atoms with Gasteiger partial charge in [0.2, 0.25) is 0 Å². The summed E-state index contributed by atoms with van der Waals surface area (Å²) in [5.41, 5.74) is 1.14. The smallest absolute Gasteiger partial charge is 0.303 e. The Balaban J connectivity index is 3.20. The van der Waals surface area contributed by atoms with E-state index in [-0.39, 0.29) is 6.42 Å². The highest BCUT2D eigenvalue weighted by Gasteiger charge is 1.96. The first kappa shape index (κ1) is 9.21. The number of carbonyl (C=O) groups is 1. The predicted molar refractivity (Wildman–Crippen MR) is 40.9 cm³/mol. The number of aliphatic carboxylic acids is 1. The molecule has 0 aromatic heterocycles. The van der Waals surface area contributed by atoms with Gasteiger partial charge in [0.25, 0.3) is 0 Å². The number of hydrogen-bond acceptors (Lipinski definition) is 1. The standard InChI is InChI=1S/C8H14O2/c1-3-7(2)5-4-6-8(9)10/h2-6H2,1H3,(H,9,10). The zero-order chi connectivity index (χ0) is 7.98. The van der Waals surface area contributed by atoms with Gasteiger partial charge in [-0.25, -0.2) is 0 Å². The van der Waals surface area contributed by atoms with Crippen molar-refractivity contribution in [2.75, 3.05) is 0 Å². The largest absolute Gasteiger partial charge is 0.481 e. The second-order valence-electron chi connectivity index (χ2n) is 2.35. The van der Waals surface area contributed by atoms with Gasteiger partial charge >= 0.3 is 5.97 Å². The Kier molecular flexibility index (Phi) is 4.63. The average molecular weight is 142 g/mol. The summed E-state index contributed by atoms with van der Waals surface area (Å²) in [7, 11) is 0. The van der Waals surface area contributed by atoms with Crippen LogP contribution in [0.15, 0.2) is 12.2 Å². The Morgan fingerprint density at radius 3 is 2.50 bits per heavy atom. The Morgan fingerprint density at radius 1 is 1.50 bits per heavy atom. The number of carboxylic acid groups (broad SMARTS) is 1. The van der Waals surface area contributed by atoms with Crippen molar-refractivity contribution in [3.8, 4) is 0 Å². The third-order valence-corrected chi connectivity index (χ3v) is 1.42. The first-order valence-electron chi connectivity index (χ1n) is 3.55. The van der Waals surface area contributed by atoms with Gasteiger partial charge in [0, 0.05) is 6.42 Å². The third kappa shape index (κ3) is 5.35. The summed E-state index contributed by atoms with van der Waals surface area (Å²) >= 11 is 0. The molecule has 0 aromatic carbocycles. The van der Waals surface area contributed by atoms with Crippen molar-refractivity contribution in [1.82, 2.24) is 0 Å². The van der Waals surface area contributed by atoms with Gasteiger partial charge in [-0.1, -0.05) is 19.1 Å². The zero-order valence-electron chi connectivity index (χ0n) is 6.39. The molecule has 0 amide bonds. The second kappa shape index (κ2) is 5.03. The number of hydrogen-bond donors (Lipinski definition) is 1. The second-order valence-corrected chi connectivity index (χ2v) is 2.35. The summed E-state index contributed by atoms with van der Waals surface area (Å²) in [6, 6.07) is 0. The lowest BCUT2D eigenvalue weighted by atomic mass is 10.1.